The monoisotopic (exact) mass is 239 g/mol. The fourth-order valence-electron chi connectivity index (χ4n) is 3.71. The first-order valence-corrected chi connectivity index (χ1v) is 7.37. The first kappa shape index (κ1) is 13.4. The zero-order valence-corrected chi connectivity index (χ0v) is 11.8. The summed E-state index contributed by atoms with van der Waals surface area (Å²) in [4.78, 5) is 0. The number of nitrogens with one attached hydrogen (secondary N) is 1. The van der Waals surface area contributed by atoms with Crippen LogP contribution in [-0.4, -0.2) is 25.8 Å². The van der Waals surface area contributed by atoms with Crippen molar-refractivity contribution in [3.63, 3.8) is 0 Å². The van der Waals surface area contributed by atoms with Crippen molar-refractivity contribution in [3.8, 4) is 0 Å². The van der Waals surface area contributed by atoms with Gasteiger partial charge in [-0.3, -0.25) is 0 Å². The molecule has 0 aromatic heterocycles. The Morgan fingerprint density at radius 3 is 2.65 bits per heavy atom. The molecular formula is C15H29NO. The molecule has 1 heterocycles. The second kappa shape index (κ2) is 5.27. The van der Waals surface area contributed by atoms with Crippen LogP contribution >= 0.6 is 0 Å². The average Bonchev–Trinajstić information content (AvgIpc) is 2.75. The van der Waals surface area contributed by atoms with Gasteiger partial charge in [0.05, 0.1) is 5.60 Å². The summed E-state index contributed by atoms with van der Waals surface area (Å²) in [5.41, 5.74) is 0.738. The van der Waals surface area contributed by atoms with Gasteiger partial charge in [-0.2, -0.15) is 0 Å². The molecule has 0 radical (unpaired) electrons. The molecule has 0 bridgehead atoms. The lowest BCUT2D eigenvalue weighted by atomic mass is 9.68. The molecule has 2 heteroatoms. The Bertz CT molecular complexity index is 243. The molecule has 1 aliphatic heterocycles. The molecule has 2 fully saturated rings. The molecule has 2 aliphatic rings. The third kappa shape index (κ3) is 3.03. The van der Waals surface area contributed by atoms with Crippen LogP contribution in [0.25, 0.3) is 0 Å². The van der Waals surface area contributed by atoms with Gasteiger partial charge >= 0.3 is 0 Å². The van der Waals surface area contributed by atoms with Gasteiger partial charge in [0.1, 0.15) is 0 Å². The molecule has 100 valence electrons. The molecule has 1 atom stereocenters. The topological polar surface area (TPSA) is 21.3 Å². The molecule has 0 aromatic rings. The molecule has 1 unspecified atom stereocenters. The van der Waals surface area contributed by atoms with Gasteiger partial charge in [-0.15, -0.1) is 0 Å². The van der Waals surface area contributed by atoms with Crippen LogP contribution in [0.15, 0.2) is 0 Å². The predicted octanol–water partition coefficient (Wildman–Crippen LogP) is 3.36. The van der Waals surface area contributed by atoms with Gasteiger partial charge in [-0.1, -0.05) is 26.7 Å². The SMILES string of the molecule is CNCCC(C)(C)C1CCOC2(CCCC2)C1. The Labute approximate surface area is 107 Å². The number of hydrogen-bond acceptors (Lipinski definition) is 2. The lowest BCUT2D eigenvalue weighted by Crippen LogP contribution is -2.42. The van der Waals surface area contributed by atoms with Gasteiger partial charge in [-0.25, -0.2) is 0 Å². The smallest absolute Gasteiger partial charge is 0.0685 e. The molecule has 1 spiro atoms. The van der Waals surface area contributed by atoms with Gasteiger partial charge in [-0.05, 0) is 57.0 Å². The molecular weight excluding hydrogens is 210 g/mol. The highest BCUT2D eigenvalue weighted by Crippen LogP contribution is 2.47. The summed E-state index contributed by atoms with van der Waals surface area (Å²) in [6, 6.07) is 0. The zero-order valence-electron chi connectivity index (χ0n) is 11.8. The molecule has 1 saturated carbocycles. The van der Waals surface area contributed by atoms with E-state index in [0.29, 0.717) is 5.41 Å². The maximum absolute atomic E-state index is 6.14. The Kier molecular flexibility index (Phi) is 4.14. The van der Waals surface area contributed by atoms with E-state index in [-0.39, 0.29) is 5.60 Å². The molecule has 0 amide bonds. The van der Waals surface area contributed by atoms with Gasteiger partial charge in [0.15, 0.2) is 0 Å². The molecule has 1 aliphatic carbocycles. The average molecular weight is 239 g/mol. The number of rotatable bonds is 4. The van der Waals surface area contributed by atoms with Crippen LogP contribution in [0.4, 0.5) is 0 Å². The van der Waals surface area contributed by atoms with Crippen LogP contribution < -0.4 is 5.32 Å². The van der Waals surface area contributed by atoms with Crippen molar-refractivity contribution in [2.45, 2.75) is 64.4 Å². The summed E-state index contributed by atoms with van der Waals surface area (Å²) in [5, 5.41) is 3.29. The lowest BCUT2D eigenvalue weighted by molar-refractivity contribution is -0.112. The highest BCUT2D eigenvalue weighted by Gasteiger charge is 2.43. The second-order valence-corrected chi connectivity index (χ2v) is 6.77. The summed E-state index contributed by atoms with van der Waals surface area (Å²) in [7, 11) is 2.05. The van der Waals surface area contributed by atoms with Crippen molar-refractivity contribution >= 4 is 0 Å². The summed E-state index contributed by atoms with van der Waals surface area (Å²) >= 11 is 0. The van der Waals surface area contributed by atoms with Crippen LogP contribution in [-0.2, 0) is 4.74 Å². The molecule has 1 saturated heterocycles. The summed E-state index contributed by atoms with van der Waals surface area (Å²) < 4.78 is 6.14. The third-order valence-corrected chi connectivity index (χ3v) is 5.13. The molecule has 2 rings (SSSR count). The highest BCUT2D eigenvalue weighted by atomic mass is 16.5. The van der Waals surface area contributed by atoms with Crippen molar-refractivity contribution in [2.24, 2.45) is 11.3 Å². The Morgan fingerprint density at radius 2 is 2.00 bits per heavy atom. The Hall–Kier alpha value is -0.0800. The summed E-state index contributed by atoms with van der Waals surface area (Å²) in [6.45, 7) is 7.02. The van der Waals surface area contributed by atoms with Crippen molar-refractivity contribution in [3.05, 3.63) is 0 Å². The van der Waals surface area contributed by atoms with Gasteiger partial charge < -0.3 is 10.1 Å². The number of ether oxygens (including phenoxy) is 1. The normalized spacial score (nSPS) is 28.8. The van der Waals surface area contributed by atoms with E-state index < -0.39 is 0 Å². The van der Waals surface area contributed by atoms with Gasteiger partial charge in [0.25, 0.3) is 0 Å². The fraction of sp³-hybridized carbons (Fsp3) is 1.00. The fourth-order valence-corrected chi connectivity index (χ4v) is 3.71. The summed E-state index contributed by atoms with van der Waals surface area (Å²) in [6.07, 6.45) is 9.23. The van der Waals surface area contributed by atoms with E-state index in [1.165, 1.54) is 44.9 Å². The van der Waals surface area contributed by atoms with Crippen LogP contribution in [0.3, 0.4) is 0 Å². The van der Waals surface area contributed by atoms with Crippen molar-refractivity contribution in [1.82, 2.24) is 5.32 Å². The van der Waals surface area contributed by atoms with E-state index in [1.54, 1.807) is 0 Å². The quantitative estimate of drug-likeness (QED) is 0.812. The van der Waals surface area contributed by atoms with Crippen molar-refractivity contribution < 1.29 is 4.74 Å². The minimum absolute atomic E-state index is 0.278. The van der Waals surface area contributed by atoms with Crippen molar-refractivity contribution in [2.75, 3.05) is 20.2 Å². The Morgan fingerprint density at radius 1 is 1.29 bits per heavy atom. The molecule has 17 heavy (non-hydrogen) atoms. The van der Waals surface area contributed by atoms with Gasteiger partial charge in [0.2, 0.25) is 0 Å². The largest absolute Gasteiger partial charge is 0.375 e. The predicted molar refractivity (Wildman–Crippen MR) is 72.2 cm³/mol. The van der Waals surface area contributed by atoms with E-state index in [4.69, 9.17) is 4.74 Å². The minimum Gasteiger partial charge on any atom is -0.375 e. The van der Waals surface area contributed by atoms with E-state index in [2.05, 4.69) is 26.2 Å². The molecule has 1 N–H and O–H groups in total. The van der Waals surface area contributed by atoms with Crippen LogP contribution in [0, 0.1) is 11.3 Å². The van der Waals surface area contributed by atoms with Crippen LogP contribution in [0.2, 0.25) is 0 Å². The van der Waals surface area contributed by atoms with Crippen LogP contribution in [0.1, 0.15) is 58.8 Å². The van der Waals surface area contributed by atoms with E-state index in [0.717, 1.165) is 19.1 Å². The van der Waals surface area contributed by atoms with E-state index in [1.807, 2.05) is 0 Å². The maximum atomic E-state index is 6.14. The molecule has 0 aromatic carbocycles. The Balaban J connectivity index is 1.96. The number of hydrogen-bond donors (Lipinski definition) is 1. The first-order chi connectivity index (χ1) is 8.08. The zero-order chi connectivity index (χ0) is 12.4. The lowest BCUT2D eigenvalue weighted by Gasteiger charge is -2.45. The standard InChI is InChI=1S/C15H29NO/c1-14(2,9-10-16-3)13-6-11-17-15(12-13)7-4-5-8-15/h13,16H,4-12H2,1-3H3. The van der Waals surface area contributed by atoms with Crippen molar-refractivity contribution in [1.29, 1.82) is 0 Å². The third-order valence-electron chi connectivity index (χ3n) is 5.13. The second-order valence-electron chi connectivity index (χ2n) is 6.77. The summed E-state index contributed by atoms with van der Waals surface area (Å²) in [5.74, 6) is 0.850. The van der Waals surface area contributed by atoms with Gasteiger partial charge in [0, 0.05) is 6.61 Å². The highest BCUT2D eigenvalue weighted by molar-refractivity contribution is 4.94. The van der Waals surface area contributed by atoms with E-state index in [9.17, 15) is 0 Å². The first-order valence-electron chi connectivity index (χ1n) is 7.37. The molecule has 2 nitrogen and oxygen atoms in total. The minimum atomic E-state index is 0.278. The van der Waals surface area contributed by atoms with E-state index >= 15 is 0 Å². The maximum Gasteiger partial charge on any atom is 0.0685 e. The van der Waals surface area contributed by atoms with Crippen LogP contribution in [0.5, 0.6) is 0 Å².